The number of aryl methyl sites for hydroxylation is 1. The summed E-state index contributed by atoms with van der Waals surface area (Å²) in [6, 6.07) is -0.325. The maximum absolute atomic E-state index is 13.0. The van der Waals surface area contributed by atoms with Gasteiger partial charge in [0.25, 0.3) is 0 Å². The molecule has 1 aromatic rings. The Morgan fingerprint density at radius 3 is 2.44 bits per heavy atom. The van der Waals surface area contributed by atoms with Gasteiger partial charge in [0.15, 0.2) is 9.84 Å². The molecule has 0 spiro atoms. The minimum Gasteiger partial charge on any atom is -0.264 e. The quantitative estimate of drug-likeness (QED) is 0.845. The first kappa shape index (κ1) is 18.8. The van der Waals surface area contributed by atoms with Crippen molar-refractivity contribution in [3.8, 4) is 0 Å². The highest BCUT2D eigenvalue weighted by atomic mass is 32.2. The monoisotopic (exact) mass is 389 g/mol. The average Bonchev–Trinajstić information content (AvgIpc) is 3.00. The van der Waals surface area contributed by atoms with Crippen molar-refractivity contribution < 1.29 is 16.8 Å². The molecule has 7 nitrogen and oxygen atoms in total. The highest BCUT2D eigenvalue weighted by Gasteiger charge is 2.35. The van der Waals surface area contributed by atoms with Crippen molar-refractivity contribution in [3.05, 3.63) is 11.4 Å². The third kappa shape index (κ3) is 3.78. The zero-order chi connectivity index (χ0) is 18.4. The molecule has 3 rings (SSSR count). The molecule has 1 saturated heterocycles. The van der Waals surface area contributed by atoms with Gasteiger partial charge in [0.1, 0.15) is 4.90 Å². The number of sulfonamides is 1. The summed E-state index contributed by atoms with van der Waals surface area (Å²) in [6.45, 7) is 5.47. The van der Waals surface area contributed by atoms with E-state index in [0.29, 0.717) is 23.7 Å². The fraction of sp³-hybridized carbons (Fsp3) is 0.812. The van der Waals surface area contributed by atoms with Gasteiger partial charge in [0, 0.05) is 6.04 Å². The minimum atomic E-state index is -3.67. The standard InChI is InChI=1S/C16H27N3O4S2/c1-11-6-4-5-7-15(11)18-25(22,23)16-12(2)17-19(13(16)3)14-8-9-24(20,21)10-14/h11,14-15,18H,4-10H2,1-3H3/t11-,14-,15+/m1/s1. The molecule has 0 radical (unpaired) electrons. The van der Waals surface area contributed by atoms with E-state index in [2.05, 4.69) is 16.7 Å². The van der Waals surface area contributed by atoms with Crippen molar-refractivity contribution in [2.24, 2.45) is 5.92 Å². The van der Waals surface area contributed by atoms with Crippen LogP contribution in [0.3, 0.4) is 0 Å². The van der Waals surface area contributed by atoms with Crippen LogP contribution < -0.4 is 4.72 Å². The molecule has 1 aliphatic heterocycles. The van der Waals surface area contributed by atoms with Crippen LogP contribution in [0.4, 0.5) is 0 Å². The number of nitrogens with zero attached hydrogens (tertiary/aromatic N) is 2. The molecule has 3 atom stereocenters. The molecule has 2 aliphatic rings. The molecule has 0 bridgehead atoms. The van der Waals surface area contributed by atoms with Crippen molar-refractivity contribution in [1.82, 2.24) is 14.5 Å². The van der Waals surface area contributed by atoms with Gasteiger partial charge in [0.2, 0.25) is 10.0 Å². The summed E-state index contributed by atoms with van der Waals surface area (Å²) in [5.41, 5.74) is 0.952. The molecule has 1 aliphatic carbocycles. The van der Waals surface area contributed by atoms with Gasteiger partial charge in [-0.2, -0.15) is 5.10 Å². The lowest BCUT2D eigenvalue weighted by molar-refractivity contribution is 0.310. The number of nitrogens with one attached hydrogen (secondary N) is 1. The molecular weight excluding hydrogens is 362 g/mol. The molecule has 1 aromatic heterocycles. The predicted molar refractivity (Wildman–Crippen MR) is 95.8 cm³/mol. The van der Waals surface area contributed by atoms with E-state index in [4.69, 9.17) is 0 Å². The Bertz CT molecular complexity index is 858. The van der Waals surface area contributed by atoms with Crippen LogP contribution >= 0.6 is 0 Å². The Morgan fingerprint density at radius 1 is 1.16 bits per heavy atom. The first-order valence-corrected chi connectivity index (χ1v) is 12.2. The van der Waals surface area contributed by atoms with Crippen LogP contribution in [0.25, 0.3) is 0 Å². The molecule has 0 aromatic carbocycles. The van der Waals surface area contributed by atoms with Gasteiger partial charge in [-0.3, -0.25) is 4.68 Å². The fourth-order valence-electron chi connectivity index (χ4n) is 4.11. The summed E-state index contributed by atoms with van der Waals surface area (Å²) in [5, 5.41) is 4.37. The molecule has 142 valence electrons. The van der Waals surface area contributed by atoms with Gasteiger partial charge in [-0.05, 0) is 39.0 Å². The lowest BCUT2D eigenvalue weighted by atomic mass is 9.87. The lowest BCUT2D eigenvalue weighted by Crippen LogP contribution is -2.41. The number of hydrogen-bond acceptors (Lipinski definition) is 5. The second-order valence-electron chi connectivity index (χ2n) is 7.49. The van der Waals surface area contributed by atoms with Crippen molar-refractivity contribution >= 4 is 19.9 Å². The van der Waals surface area contributed by atoms with E-state index in [1.54, 1.807) is 18.5 Å². The van der Waals surface area contributed by atoms with Gasteiger partial charge in [-0.25, -0.2) is 21.6 Å². The smallest absolute Gasteiger partial charge is 0.244 e. The van der Waals surface area contributed by atoms with Crippen LogP contribution in [-0.4, -0.2) is 44.2 Å². The van der Waals surface area contributed by atoms with Crippen LogP contribution in [0.15, 0.2) is 4.90 Å². The lowest BCUT2D eigenvalue weighted by Gasteiger charge is -2.29. The van der Waals surface area contributed by atoms with Crippen molar-refractivity contribution in [1.29, 1.82) is 0 Å². The summed E-state index contributed by atoms with van der Waals surface area (Å²) in [7, 11) is -6.73. The van der Waals surface area contributed by atoms with E-state index in [-0.39, 0.29) is 28.5 Å². The molecule has 1 N–H and O–H groups in total. The zero-order valence-electron chi connectivity index (χ0n) is 15.0. The molecule has 2 heterocycles. The minimum absolute atomic E-state index is 0.0293. The van der Waals surface area contributed by atoms with Gasteiger partial charge in [0.05, 0.1) is 28.9 Å². The Balaban J connectivity index is 1.89. The largest absolute Gasteiger partial charge is 0.264 e. The zero-order valence-corrected chi connectivity index (χ0v) is 16.7. The topological polar surface area (TPSA) is 98.1 Å². The Morgan fingerprint density at radius 2 is 1.84 bits per heavy atom. The predicted octanol–water partition coefficient (Wildman–Crippen LogP) is 1.72. The molecule has 9 heteroatoms. The normalized spacial score (nSPS) is 29.8. The molecular formula is C16H27N3O4S2. The Labute approximate surface area is 150 Å². The number of sulfone groups is 1. The van der Waals surface area contributed by atoms with Crippen LogP contribution in [0.2, 0.25) is 0 Å². The van der Waals surface area contributed by atoms with Gasteiger partial charge >= 0.3 is 0 Å². The van der Waals surface area contributed by atoms with Crippen molar-refractivity contribution in [2.45, 2.75) is 69.9 Å². The second-order valence-corrected chi connectivity index (χ2v) is 11.4. The molecule has 1 saturated carbocycles. The maximum Gasteiger partial charge on any atom is 0.244 e. The van der Waals surface area contributed by atoms with Gasteiger partial charge in [-0.15, -0.1) is 0 Å². The average molecular weight is 390 g/mol. The summed E-state index contributed by atoms with van der Waals surface area (Å²) in [6.07, 6.45) is 4.55. The van der Waals surface area contributed by atoms with E-state index < -0.39 is 19.9 Å². The van der Waals surface area contributed by atoms with Gasteiger partial charge < -0.3 is 0 Å². The van der Waals surface area contributed by atoms with E-state index >= 15 is 0 Å². The molecule has 25 heavy (non-hydrogen) atoms. The summed E-state index contributed by atoms with van der Waals surface area (Å²) in [4.78, 5) is 0.203. The highest BCUT2D eigenvalue weighted by molar-refractivity contribution is 7.91. The third-order valence-corrected chi connectivity index (χ3v) is 8.99. The van der Waals surface area contributed by atoms with Crippen LogP contribution in [-0.2, 0) is 19.9 Å². The Kier molecular flexibility index (Phi) is 5.02. The first-order valence-electron chi connectivity index (χ1n) is 8.89. The SMILES string of the molecule is Cc1nn([C@@H]2CCS(=O)(=O)C2)c(C)c1S(=O)(=O)N[C@H]1CCCC[C@H]1C. The fourth-order valence-corrected chi connectivity index (χ4v) is 7.58. The van der Waals surface area contributed by atoms with Crippen molar-refractivity contribution in [2.75, 3.05) is 11.5 Å². The molecule has 2 fully saturated rings. The van der Waals surface area contributed by atoms with E-state index in [1.165, 1.54) is 0 Å². The third-order valence-electron chi connectivity index (χ3n) is 5.50. The summed E-state index contributed by atoms with van der Waals surface area (Å²) >= 11 is 0. The van der Waals surface area contributed by atoms with Crippen LogP contribution in [0, 0.1) is 19.8 Å². The van der Waals surface area contributed by atoms with Crippen LogP contribution in [0.5, 0.6) is 0 Å². The van der Waals surface area contributed by atoms with E-state index in [0.717, 1.165) is 25.7 Å². The Hall–Kier alpha value is -0.930. The molecule has 0 amide bonds. The first-order chi connectivity index (χ1) is 11.6. The second kappa shape index (κ2) is 6.66. The highest BCUT2D eigenvalue weighted by Crippen LogP contribution is 2.30. The maximum atomic E-state index is 13.0. The number of hydrogen-bond donors (Lipinski definition) is 1. The van der Waals surface area contributed by atoms with Crippen molar-refractivity contribution in [3.63, 3.8) is 0 Å². The van der Waals surface area contributed by atoms with E-state index in [1.807, 2.05) is 0 Å². The summed E-state index contributed by atoms with van der Waals surface area (Å²) < 4.78 is 53.9. The number of rotatable bonds is 4. The van der Waals surface area contributed by atoms with Gasteiger partial charge in [-0.1, -0.05) is 19.8 Å². The summed E-state index contributed by atoms with van der Waals surface area (Å²) in [5.74, 6) is 0.483. The van der Waals surface area contributed by atoms with E-state index in [9.17, 15) is 16.8 Å². The number of aromatic nitrogens is 2. The molecule has 0 unspecified atom stereocenters. The van der Waals surface area contributed by atoms with Crippen LogP contribution in [0.1, 0.15) is 56.5 Å².